The zero-order chi connectivity index (χ0) is 16.5. The van der Waals surface area contributed by atoms with Crippen LogP contribution < -0.4 is 10.2 Å². The maximum atomic E-state index is 12.7. The van der Waals surface area contributed by atoms with Crippen LogP contribution in [-0.4, -0.2) is 0 Å². The maximum Gasteiger partial charge on any atom is 0.200 e. The second-order valence-corrected chi connectivity index (χ2v) is 5.92. The number of hydrogen-bond acceptors (Lipinski definition) is 3. The van der Waals surface area contributed by atoms with Gasteiger partial charge in [-0.25, -0.2) is 0 Å². The van der Waals surface area contributed by atoms with Crippen LogP contribution in [0.25, 0.3) is 21.9 Å². The van der Waals surface area contributed by atoms with Crippen LogP contribution in [0.3, 0.4) is 0 Å². The summed E-state index contributed by atoms with van der Waals surface area (Å²) in [5, 5.41) is 1.52. The van der Waals surface area contributed by atoms with E-state index in [4.69, 9.17) is 20.8 Å². The minimum absolute atomic E-state index is 0.0897. The molecule has 3 aromatic carbocycles. The fraction of sp³-hybridized carbons (Fsp3) is 0.0500. The lowest BCUT2D eigenvalue weighted by molar-refractivity contribution is 0.305. The molecular weight excluding hydrogens is 324 g/mol. The molecule has 0 bridgehead atoms. The summed E-state index contributed by atoms with van der Waals surface area (Å²) in [6.45, 7) is 0.400. The first-order chi connectivity index (χ1) is 11.7. The Balaban J connectivity index is 1.84. The second-order valence-electron chi connectivity index (χ2n) is 5.48. The molecule has 1 aromatic heterocycles. The van der Waals surface area contributed by atoms with E-state index in [1.807, 2.05) is 30.3 Å². The van der Waals surface area contributed by atoms with E-state index in [9.17, 15) is 4.79 Å². The predicted octanol–water partition coefficient (Wildman–Crippen LogP) is 5.18. The van der Waals surface area contributed by atoms with Gasteiger partial charge in [0.15, 0.2) is 11.3 Å². The Morgan fingerprint density at radius 1 is 0.917 bits per heavy atom. The van der Waals surface area contributed by atoms with Crippen LogP contribution >= 0.6 is 11.6 Å². The lowest BCUT2D eigenvalue weighted by Crippen LogP contribution is -2.03. The highest BCUT2D eigenvalue weighted by Crippen LogP contribution is 2.28. The zero-order valence-corrected chi connectivity index (χ0v) is 13.4. The zero-order valence-electron chi connectivity index (χ0n) is 12.7. The minimum Gasteiger partial charge on any atom is -0.485 e. The SMILES string of the molecule is O=c1c2ccc(Cl)cc2oc2c(OCc3ccccc3)cccc12. The number of fused-ring (bicyclic) bond motifs is 2. The van der Waals surface area contributed by atoms with Gasteiger partial charge >= 0.3 is 0 Å². The van der Waals surface area contributed by atoms with Gasteiger partial charge in [0.1, 0.15) is 12.2 Å². The summed E-state index contributed by atoms with van der Waals surface area (Å²) in [5.41, 5.74) is 1.85. The van der Waals surface area contributed by atoms with E-state index in [1.54, 1.807) is 36.4 Å². The van der Waals surface area contributed by atoms with Crippen molar-refractivity contribution in [3.8, 4) is 5.75 Å². The Morgan fingerprint density at radius 3 is 2.58 bits per heavy atom. The molecule has 0 saturated heterocycles. The van der Waals surface area contributed by atoms with Gasteiger partial charge in [-0.1, -0.05) is 48.0 Å². The standard InChI is InChI=1S/C20H13ClO3/c21-14-9-10-15-18(11-14)24-20-16(19(15)22)7-4-8-17(20)23-12-13-5-2-1-3-6-13/h1-11H,12H2. The summed E-state index contributed by atoms with van der Waals surface area (Å²) < 4.78 is 11.8. The van der Waals surface area contributed by atoms with Crippen LogP contribution in [0.2, 0.25) is 5.02 Å². The Hall–Kier alpha value is -2.78. The van der Waals surface area contributed by atoms with E-state index in [1.165, 1.54) is 0 Å². The summed E-state index contributed by atoms with van der Waals surface area (Å²) in [4.78, 5) is 12.7. The van der Waals surface area contributed by atoms with Crippen LogP contribution in [0, 0.1) is 0 Å². The van der Waals surface area contributed by atoms with Crippen LogP contribution in [0.1, 0.15) is 5.56 Å². The molecule has 0 unspecified atom stereocenters. The molecule has 4 rings (SSSR count). The first-order valence-electron chi connectivity index (χ1n) is 7.54. The van der Waals surface area contributed by atoms with Crippen LogP contribution in [0.4, 0.5) is 0 Å². The molecule has 0 aliphatic rings. The monoisotopic (exact) mass is 336 g/mol. The molecule has 0 fully saturated rings. The Kier molecular flexibility index (Phi) is 3.71. The molecule has 0 aliphatic heterocycles. The highest BCUT2D eigenvalue weighted by atomic mass is 35.5. The normalized spacial score (nSPS) is 11.0. The molecule has 0 radical (unpaired) electrons. The van der Waals surface area contributed by atoms with Crippen molar-refractivity contribution in [1.82, 2.24) is 0 Å². The topological polar surface area (TPSA) is 39.4 Å². The van der Waals surface area contributed by atoms with Crippen LogP contribution in [0.15, 0.2) is 75.9 Å². The van der Waals surface area contributed by atoms with E-state index < -0.39 is 0 Å². The second kappa shape index (κ2) is 6.02. The Labute approximate surface area is 143 Å². The first kappa shape index (κ1) is 14.8. The molecule has 0 N–H and O–H groups in total. The lowest BCUT2D eigenvalue weighted by atomic mass is 10.1. The van der Waals surface area contributed by atoms with Gasteiger partial charge in [0.05, 0.1) is 10.8 Å². The van der Waals surface area contributed by atoms with Crippen molar-refractivity contribution in [2.24, 2.45) is 0 Å². The van der Waals surface area contributed by atoms with Gasteiger partial charge in [0.25, 0.3) is 0 Å². The number of hydrogen-bond donors (Lipinski definition) is 0. The van der Waals surface area contributed by atoms with Crippen LogP contribution in [-0.2, 0) is 6.61 Å². The molecule has 3 nitrogen and oxygen atoms in total. The first-order valence-corrected chi connectivity index (χ1v) is 7.92. The van der Waals surface area contributed by atoms with Gasteiger partial charge in [0.2, 0.25) is 5.43 Å². The smallest absolute Gasteiger partial charge is 0.200 e. The van der Waals surface area contributed by atoms with E-state index in [2.05, 4.69) is 0 Å². The highest BCUT2D eigenvalue weighted by molar-refractivity contribution is 6.31. The average Bonchev–Trinajstić information content (AvgIpc) is 2.61. The van der Waals surface area contributed by atoms with Crippen molar-refractivity contribution in [3.05, 3.63) is 87.5 Å². The molecule has 0 aliphatic carbocycles. The molecule has 1 heterocycles. The third-order valence-electron chi connectivity index (χ3n) is 3.86. The highest BCUT2D eigenvalue weighted by Gasteiger charge is 2.12. The number of rotatable bonds is 3. The minimum atomic E-state index is -0.0897. The number of ether oxygens (including phenoxy) is 1. The molecule has 118 valence electrons. The fourth-order valence-corrected chi connectivity index (χ4v) is 2.83. The molecule has 4 aromatic rings. The van der Waals surface area contributed by atoms with Crippen molar-refractivity contribution in [3.63, 3.8) is 0 Å². The quantitative estimate of drug-likeness (QED) is 0.484. The summed E-state index contributed by atoms with van der Waals surface area (Å²) in [6, 6.07) is 20.2. The molecule has 0 amide bonds. The Morgan fingerprint density at radius 2 is 1.75 bits per heavy atom. The summed E-state index contributed by atoms with van der Waals surface area (Å²) in [7, 11) is 0. The molecule has 0 saturated carbocycles. The van der Waals surface area contributed by atoms with Gasteiger partial charge in [-0.2, -0.15) is 0 Å². The third-order valence-corrected chi connectivity index (χ3v) is 4.10. The van der Waals surface area contributed by atoms with Crippen molar-refractivity contribution < 1.29 is 9.15 Å². The van der Waals surface area contributed by atoms with Gasteiger partial charge < -0.3 is 9.15 Å². The predicted molar refractivity (Wildman–Crippen MR) is 95.8 cm³/mol. The van der Waals surface area contributed by atoms with Gasteiger partial charge in [0, 0.05) is 11.1 Å². The molecular formula is C20H13ClO3. The van der Waals surface area contributed by atoms with Crippen molar-refractivity contribution in [2.75, 3.05) is 0 Å². The molecule has 0 atom stereocenters. The van der Waals surface area contributed by atoms with Gasteiger partial charge in [-0.05, 0) is 29.8 Å². The van der Waals surface area contributed by atoms with Crippen molar-refractivity contribution in [2.45, 2.75) is 6.61 Å². The van der Waals surface area contributed by atoms with E-state index >= 15 is 0 Å². The molecule has 0 spiro atoms. The summed E-state index contributed by atoms with van der Waals surface area (Å²) in [6.07, 6.45) is 0. The maximum absolute atomic E-state index is 12.7. The van der Waals surface area contributed by atoms with Crippen LogP contribution in [0.5, 0.6) is 5.75 Å². The number of para-hydroxylation sites is 1. The van der Waals surface area contributed by atoms with Gasteiger partial charge in [-0.3, -0.25) is 4.79 Å². The lowest BCUT2D eigenvalue weighted by Gasteiger charge is -2.09. The Bertz CT molecular complexity index is 1080. The summed E-state index contributed by atoms with van der Waals surface area (Å²) in [5.74, 6) is 0.537. The number of benzene rings is 3. The van der Waals surface area contributed by atoms with Crippen molar-refractivity contribution in [1.29, 1.82) is 0 Å². The van der Waals surface area contributed by atoms with Crippen molar-refractivity contribution >= 4 is 33.5 Å². The number of halogens is 1. The largest absolute Gasteiger partial charge is 0.485 e. The summed E-state index contributed by atoms with van der Waals surface area (Å²) >= 11 is 6.01. The van der Waals surface area contributed by atoms with E-state index in [0.29, 0.717) is 39.3 Å². The van der Waals surface area contributed by atoms with E-state index in [-0.39, 0.29) is 5.43 Å². The molecule has 24 heavy (non-hydrogen) atoms. The van der Waals surface area contributed by atoms with Gasteiger partial charge in [-0.15, -0.1) is 0 Å². The average molecular weight is 337 g/mol. The fourth-order valence-electron chi connectivity index (χ4n) is 2.67. The van der Waals surface area contributed by atoms with E-state index in [0.717, 1.165) is 5.56 Å². The third kappa shape index (κ3) is 2.63. The molecule has 4 heteroatoms.